The summed E-state index contributed by atoms with van der Waals surface area (Å²) < 4.78 is 43.4. The van der Waals surface area contributed by atoms with Crippen molar-refractivity contribution in [3.63, 3.8) is 0 Å². The molecule has 1 fully saturated rings. The number of nitrogens with zero attached hydrogens (tertiary/aromatic N) is 3. The number of pyridine rings is 1. The normalized spacial score (nSPS) is 20.3. The SMILES string of the molecule is Cc1ccc(S(=O)(=O)N2c3cc4ccn(COCC[Si](C)(C)C)c4nc3O[C@@H]3CCC[C@H]32)cc1. The number of aryl methyl sites for hydroxylation is 1. The Morgan fingerprint density at radius 1 is 1.15 bits per heavy atom. The van der Waals surface area contributed by atoms with Gasteiger partial charge in [0.25, 0.3) is 10.0 Å². The summed E-state index contributed by atoms with van der Waals surface area (Å²) in [6, 6.07) is 11.8. The van der Waals surface area contributed by atoms with E-state index in [9.17, 15) is 8.42 Å². The van der Waals surface area contributed by atoms with Crippen LogP contribution < -0.4 is 9.04 Å². The molecule has 0 saturated heterocycles. The highest BCUT2D eigenvalue weighted by Gasteiger charge is 2.46. The second-order valence-electron chi connectivity index (χ2n) is 10.6. The van der Waals surface area contributed by atoms with Crippen LogP contribution in [0.5, 0.6) is 5.88 Å². The van der Waals surface area contributed by atoms with E-state index in [-0.39, 0.29) is 12.1 Å². The molecule has 1 saturated carbocycles. The van der Waals surface area contributed by atoms with Gasteiger partial charge in [0.15, 0.2) is 0 Å². The van der Waals surface area contributed by atoms with Crippen molar-refractivity contribution in [2.24, 2.45) is 0 Å². The van der Waals surface area contributed by atoms with Crippen molar-refractivity contribution in [1.82, 2.24) is 9.55 Å². The van der Waals surface area contributed by atoms with E-state index in [0.717, 1.165) is 48.5 Å². The maximum atomic E-state index is 13.8. The molecule has 182 valence electrons. The summed E-state index contributed by atoms with van der Waals surface area (Å²) >= 11 is 0. The van der Waals surface area contributed by atoms with Gasteiger partial charge in [-0.2, -0.15) is 4.98 Å². The number of ether oxygens (including phenoxy) is 2. The molecule has 0 bridgehead atoms. The van der Waals surface area contributed by atoms with Crippen LogP contribution in [0.3, 0.4) is 0 Å². The Bertz CT molecular complexity index is 1300. The van der Waals surface area contributed by atoms with Gasteiger partial charge in [-0.15, -0.1) is 0 Å². The van der Waals surface area contributed by atoms with E-state index < -0.39 is 18.1 Å². The van der Waals surface area contributed by atoms with Gasteiger partial charge in [0.1, 0.15) is 24.2 Å². The summed E-state index contributed by atoms with van der Waals surface area (Å²) in [5.41, 5.74) is 2.29. The molecule has 0 N–H and O–H groups in total. The molecule has 7 nitrogen and oxygen atoms in total. The molecule has 1 aliphatic heterocycles. The minimum atomic E-state index is -3.75. The van der Waals surface area contributed by atoms with Crippen molar-refractivity contribution in [2.45, 2.75) is 75.6 Å². The molecule has 3 aromatic rings. The minimum Gasteiger partial charge on any atom is -0.471 e. The van der Waals surface area contributed by atoms with Gasteiger partial charge in [-0.1, -0.05) is 37.3 Å². The number of hydrogen-bond acceptors (Lipinski definition) is 5. The van der Waals surface area contributed by atoms with Crippen LogP contribution in [0.2, 0.25) is 25.7 Å². The average molecular weight is 500 g/mol. The van der Waals surface area contributed by atoms with E-state index in [0.29, 0.717) is 23.2 Å². The second kappa shape index (κ2) is 8.69. The van der Waals surface area contributed by atoms with Gasteiger partial charge in [0.05, 0.1) is 10.9 Å². The van der Waals surface area contributed by atoms with E-state index in [2.05, 4.69) is 19.6 Å². The van der Waals surface area contributed by atoms with Gasteiger partial charge in [0.2, 0.25) is 5.88 Å². The molecule has 9 heteroatoms. The Hall–Kier alpha value is -2.36. The highest BCUT2D eigenvalue weighted by Crippen LogP contribution is 2.45. The Labute approximate surface area is 202 Å². The maximum Gasteiger partial charge on any atom is 0.264 e. The Morgan fingerprint density at radius 3 is 2.65 bits per heavy atom. The first-order valence-corrected chi connectivity index (χ1v) is 17.1. The van der Waals surface area contributed by atoms with Crippen LogP contribution in [-0.2, 0) is 21.5 Å². The summed E-state index contributed by atoms with van der Waals surface area (Å²) in [7, 11) is -4.91. The molecule has 0 radical (unpaired) electrons. The van der Waals surface area contributed by atoms with Gasteiger partial charge in [-0.3, -0.25) is 4.31 Å². The lowest BCUT2D eigenvalue weighted by Gasteiger charge is -2.38. The molecule has 2 aromatic heterocycles. The van der Waals surface area contributed by atoms with Crippen molar-refractivity contribution in [1.29, 1.82) is 0 Å². The first-order valence-electron chi connectivity index (χ1n) is 12.0. The van der Waals surface area contributed by atoms with Crippen LogP contribution in [0.1, 0.15) is 24.8 Å². The highest BCUT2D eigenvalue weighted by atomic mass is 32.2. The topological polar surface area (TPSA) is 73.7 Å². The molecule has 0 spiro atoms. The first-order chi connectivity index (χ1) is 16.1. The number of rotatable bonds is 7. The van der Waals surface area contributed by atoms with Gasteiger partial charge < -0.3 is 14.0 Å². The smallest absolute Gasteiger partial charge is 0.264 e. The molecule has 0 unspecified atom stereocenters. The fourth-order valence-electron chi connectivity index (χ4n) is 4.74. The van der Waals surface area contributed by atoms with Crippen molar-refractivity contribution in [3.8, 4) is 5.88 Å². The fourth-order valence-corrected chi connectivity index (χ4v) is 7.19. The zero-order valence-electron chi connectivity index (χ0n) is 20.3. The van der Waals surface area contributed by atoms with E-state index >= 15 is 0 Å². The molecular formula is C25H33N3O4SSi. The third kappa shape index (κ3) is 4.36. The third-order valence-corrected chi connectivity index (χ3v) is 10.3. The molecule has 2 aliphatic rings. The van der Waals surface area contributed by atoms with Crippen LogP contribution in [0.25, 0.3) is 11.0 Å². The summed E-state index contributed by atoms with van der Waals surface area (Å²) in [4.78, 5) is 5.09. The maximum absolute atomic E-state index is 13.8. The quantitative estimate of drug-likeness (QED) is 0.331. The predicted molar refractivity (Wildman–Crippen MR) is 137 cm³/mol. The molecule has 34 heavy (non-hydrogen) atoms. The van der Waals surface area contributed by atoms with E-state index in [1.807, 2.05) is 42.0 Å². The Kier molecular flexibility index (Phi) is 5.98. The number of anilines is 1. The monoisotopic (exact) mass is 499 g/mol. The predicted octanol–water partition coefficient (Wildman–Crippen LogP) is 5.17. The second-order valence-corrected chi connectivity index (χ2v) is 18.1. The number of sulfonamides is 1. The lowest BCUT2D eigenvalue weighted by molar-refractivity contribution is 0.0897. The fraction of sp³-hybridized carbons (Fsp3) is 0.480. The van der Waals surface area contributed by atoms with E-state index in [1.54, 1.807) is 16.4 Å². The summed E-state index contributed by atoms with van der Waals surface area (Å²) in [6.07, 6.45) is 4.29. The molecule has 5 rings (SSSR count). The van der Waals surface area contributed by atoms with Crippen LogP contribution in [0, 0.1) is 6.92 Å². The zero-order valence-corrected chi connectivity index (χ0v) is 22.1. The minimum absolute atomic E-state index is 0.186. The molecule has 1 aromatic carbocycles. The third-order valence-electron chi connectivity index (χ3n) is 6.71. The van der Waals surface area contributed by atoms with Crippen LogP contribution in [-0.4, -0.2) is 44.8 Å². The number of aromatic nitrogens is 2. The number of fused-ring (bicyclic) bond motifs is 3. The number of hydrogen-bond donors (Lipinski definition) is 0. The molecule has 0 amide bonds. The van der Waals surface area contributed by atoms with E-state index in [1.165, 1.54) is 0 Å². The average Bonchev–Trinajstić information content (AvgIpc) is 3.39. The van der Waals surface area contributed by atoms with Crippen molar-refractivity contribution in [2.75, 3.05) is 10.9 Å². The largest absolute Gasteiger partial charge is 0.471 e. The molecular weight excluding hydrogens is 466 g/mol. The molecule has 1 aliphatic carbocycles. The van der Waals surface area contributed by atoms with Crippen molar-refractivity contribution >= 4 is 34.8 Å². The summed E-state index contributed by atoms with van der Waals surface area (Å²) in [5, 5.41) is 0.872. The lowest BCUT2D eigenvalue weighted by Crippen LogP contribution is -2.49. The van der Waals surface area contributed by atoms with Crippen LogP contribution in [0.15, 0.2) is 47.5 Å². The Morgan fingerprint density at radius 2 is 1.91 bits per heavy atom. The van der Waals surface area contributed by atoms with E-state index in [4.69, 9.17) is 14.5 Å². The van der Waals surface area contributed by atoms with Gasteiger partial charge >= 0.3 is 0 Å². The van der Waals surface area contributed by atoms with Gasteiger partial charge in [-0.25, -0.2) is 8.42 Å². The Balaban J connectivity index is 1.50. The summed E-state index contributed by atoms with van der Waals surface area (Å²) in [5.74, 6) is 0.383. The number of benzene rings is 1. The highest BCUT2D eigenvalue weighted by molar-refractivity contribution is 7.92. The van der Waals surface area contributed by atoms with Gasteiger partial charge in [-0.05, 0) is 56.5 Å². The lowest BCUT2D eigenvalue weighted by atomic mass is 10.1. The van der Waals surface area contributed by atoms with Crippen LogP contribution in [0.4, 0.5) is 5.69 Å². The first kappa shape index (κ1) is 23.4. The van der Waals surface area contributed by atoms with Crippen molar-refractivity contribution in [3.05, 3.63) is 48.2 Å². The van der Waals surface area contributed by atoms with Crippen molar-refractivity contribution < 1.29 is 17.9 Å². The zero-order chi connectivity index (χ0) is 24.1. The van der Waals surface area contributed by atoms with Crippen LogP contribution >= 0.6 is 0 Å². The molecule has 3 heterocycles. The molecule has 2 atom stereocenters. The van der Waals surface area contributed by atoms with Gasteiger partial charge in [0, 0.05) is 26.3 Å². The summed E-state index contributed by atoms with van der Waals surface area (Å²) in [6.45, 7) is 10.1. The standard InChI is InChI=1S/C25H33N3O4SSi/c1-18-8-10-20(11-9-18)33(29,30)28-21-6-5-7-23(21)32-25-22(28)16-19-12-13-27(24(19)26-25)17-31-14-15-34(2,3)4/h8-13,16,21,23H,5-7,14-15,17H2,1-4H3/t21-,23-/m1/s1.